The minimum Gasteiger partial charge on any atom is -0.328 e. The molecule has 1 saturated heterocycles. The predicted octanol–water partition coefficient (Wildman–Crippen LogP) is 1.04. The molecule has 4 nitrogen and oxygen atoms in total. The molecule has 2 unspecified atom stereocenters. The first-order valence-electron chi connectivity index (χ1n) is 5.98. The first-order chi connectivity index (χ1) is 7.75. The first kappa shape index (κ1) is 11.5. The molecule has 2 heterocycles. The van der Waals surface area contributed by atoms with Gasteiger partial charge in [-0.1, -0.05) is 0 Å². The molecule has 1 fully saturated rings. The Morgan fingerprint density at radius 1 is 1.62 bits per heavy atom. The summed E-state index contributed by atoms with van der Waals surface area (Å²) in [6.07, 6.45) is 5.92. The van der Waals surface area contributed by atoms with E-state index in [-0.39, 0.29) is 0 Å². The summed E-state index contributed by atoms with van der Waals surface area (Å²) < 4.78 is 0. The Morgan fingerprint density at radius 3 is 3.19 bits per heavy atom. The van der Waals surface area contributed by atoms with E-state index in [9.17, 15) is 0 Å². The number of nitrogens with zero attached hydrogens (tertiary/aromatic N) is 3. The molecule has 2 atom stereocenters. The van der Waals surface area contributed by atoms with E-state index in [1.165, 1.54) is 12.8 Å². The molecule has 0 radical (unpaired) electrons. The van der Waals surface area contributed by atoms with Gasteiger partial charge in [0, 0.05) is 25.3 Å². The summed E-state index contributed by atoms with van der Waals surface area (Å²) in [6.45, 7) is 5.29. The second kappa shape index (κ2) is 5.37. The Hall–Kier alpha value is -1.00. The molecule has 0 bridgehead atoms. The van der Waals surface area contributed by atoms with Crippen LogP contribution >= 0.6 is 0 Å². The van der Waals surface area contributed by atoms with Crippen LogP contribution in [0.1, 0.15) is 25.5 Å². The third-order valence-electron chi connectivity index (χ3n) is 3.31. The fraction of sp³-hybridized carbons (Fsp3) is 0.667. The van der Waals surface area contributed by atoms with E-state index >= 15 is 0 Å². The minimum absolute atomic E-state index is 0.299. The van der Waals surface area contributed by atoms with E-state index in [1.54, 1.807) is 12.5 Å². The molecule has 0 spiro atoms. The number of hydrogen-bond donors (Lipinski definition) is 1. The Bertz CT molecular complexity index is 312. The van der Waals surface area contributed by atoms with Crippen LogP contribution < -0.4 is 5.73 Å². The van der Waals surface area contributed by atoms with Gasteiger partial charge in [0.25, 0.3) is 0 Å². The van der Waals surface area contributed by atoms with E-state index in [4.69, 9.17) is 5.73 Å². The largest absolute Gasteiger partial charge is 0.328 e. The van der Waals surface area contributed by atoms with Crippen LogP contribution in [0.25, 0.3) is 0 Å². The van der Waals surface area contributed by atoms with Gasteiger partial charge in [0.2, 0.25) is 0 Å². The van der Waals surface area contributed by atoms with Crippen molar-refractivity contribution in [1.82, 2.24) is 14.9 Å². The van der Waals surface area contributed by atoms with E-state index in [0.717, 1.165) is 25.3 Å². The van der Waals surface area contributed by atoms with Crippen LogP contribution in [0.4, 0.5) is 0 Å². The van der Waals surface area contributed by atoms with Crippen molar-refractivity contribution >= 4 is 0 Å². The lowest BCUT2D eigenvalue weighted by Crippen LogP contribution is -2.42. The van der Waals surface area contributed by atoms with Crippen molar-refractivity contribution in [2.24, 2.45) is 11.7 Å². The van der Waals surface area contributed by atoms with Crippen molar-refractivity contribution in [1.29, 1.82) is 0 Å². The van der Waals surface area contributed by atoms with Crippen molar-refractivity contribution in [3.05, 3.63) is 24.3 Å². The van der Waals surface area contributed by atoms with Crippen molar-refractivity contribution in [2.45, 2.75) is 32.4 Å². The molecule has 16 heavy (non-hydrogen) atoms. The lowest BCUT2D eigenvalue weighted by Gasteiger charge is -2.34. The summed E-state index contributed by atoms with van der Waals surface area (Å²) in [5.41, 5.74) is 7.07. The SMILES string of the molecule is CC(N)C1CCCN(Cc2ccncn2)C1. The van der Waals surface area contributed by atoms with Gasteiger partial charge in [-0.3, -0.25) is 4.90 Å². The van der Waals surface area contributed by atoms with Gasteiger partial charge in [-0.2, -0.15) is 0 Å². The molecule has 88 valence electrons. The molecule has 1 aromatic heterocycles. The zero-order chi connectivity index (χ0) is 11.4. The average molecular weight is 220 g/mol. The summed E-state index contributed by atoms with van der Waals surface area (Å²) in [7, 11) is 0. The molecule has 2 N–H and O–H groups in total. The molecule has 1 aliphatic heterocycles. The Morgan fingerprint density at radius 2 is 2.50 bits per heavy atom. The van der Waals surface area contributed by atoms with Crippen LogP contribution in [0.2, 0.25) is 0 Å². The van der Waals surface area contributed by atoms with Crippen LogP contribution in [-0.2, 0) is 6.54 Å². The normalized spacial score (nSPS) is 24.2. The van der Waals surface area contributed by atoms with E-state index in [2.05, 4.69) is 21.8 Å². The number of rotatable bonds is 3. The van der Waals surface area contributed by atoms with Gasteiger partial charge < -0.3 is 5.73 Å². The number of piperidine rings is 1. The van der Waals surface area contributed by atoms with Gasteiger partial charge in [0.15, 0.2) is 0 Å². The second-order valence-corrected chi connectivity index (χ2v) is 4.70. The summed E-state index contributed by atoms with van der Waals surface area (Å²) in [5.74, 6) is 0.635. The highest BCUT2D eigenvalue weighted by atomic mass is 15.1. The Balaban J connectivity index is 1.90. The van der Waals surface area contributed by atoms with Gasteiger partial charge in [-0.25, -0.2) is 9.97 Å². The van der Waals surface area contributed by atoms with Gasteiger partial charge in [0.05, 0.1) is 5.69 Å². The topological polar surface area (TPSA) is 55.0 Å². The number of hydrogen-bond acceptors (Lipinski definition) is 4. The molecule has 0 aromatic carbocycles. The molecule has 1 aromatic rings. The van der Waals surface area contributed by atoms with Gasteiger partial charge in [-0.15, -0.1) is 0 Å². The number of likely N-dealkylation sites (tertiary alicyclic amines) is 1. The van der Waals surface area contributed by atoms with Crippen LogP contribution in [0, 0.1) is 5.92 Å². The molecule has 0 amide bonds. The standard InChI is InChI=1S/C12H20N4/c1-10(13)11-3-2-6-16(7-11)8-12-4-5-14-9-15-12/h4-5,9-11H,2-3,6-8,13H2,1H3. The molecule has 0 saturated carbocycles. The predicted molar refractivity (Wildman–Crippen MR) is 63.7 cm³/mol. The molecule has 1 aliphatic rings. The molecule has 4 heteroatoms. The highest BCUT2D eigenvalue weighted by Gasteiger charge is 2.22. The van der Waals surface area contributed by atoms with Crippen LogP contribution in [0.5, 0.6) is 0 Å². The highest BCUT2D eigenvalue weighted by molar-refractivity contribution is 4.98. The van der Waals surface area contributed by atoms with Gasteiger partial charge >= 0.3 is 0 Å². The Labute approximate surface area is 96.9 Å². The highest BCUT2D eigenvalue weighted by Crippen LogP contribution is 2.19. The lowest BCUT2D eigenvalue weighted by molar-refractivity contribution is 0.153. The molecular formula is C12H20N4. The van der Waals surface area contributed by atoms with Crippen molar-refractivity contribution in [2.75, 3.05) is 13.1 Å². The Kier molecular flexibility index (Phi) is 3.85. The van der Waals surface area contributed by atoms with Crippen LogP contribution in [0.3, 0.4) is 0 Å². The zero-order valence-corrected chi connectivity index (χ0v) is 9.84. The first-order valence-corrected chi connectivity index (χ1v) is 5.98. The summed E-state index contributed by atoms with van der Waals surface area (Å²) in [5, 5.41) is 0. The number of aromatic nitrogens is 2. The summed E-state index contributed by atoms with van der Waals surface area (Å²) >= 11 is 0. The van der Waals surface area contributed by atoms with Crippen LogP contribution in [-0.4, -0.2) is 34.0 Å². The van der Waals surface area contributed by atoms with Crippen LogP contribution in [0.15, 0.2) is 18.6 Å². The third kappa shape index (κ3) is 3.00. The molecule has 0 aliphatic carbocycles. The monoisotopic (exact) mass is 220 g/mol. The summed E-state index contributed by atoms with van der Waals surface area (Å²) in [6, 6.07) is 2.28. The fourth-order valence-electron chi connectivity index (χ4n) is 2.30. The van der Waals surface area contributed by atoms with Crippen molar-refractivity contribution < 1.29 is 0 Å². The van der Waals surface area contributed by atoms with Gasteiger partial charge in [-0.05, 0) is 38.3 Å². The third-order valence-corrected chi connectivity index (χ3v) is 3.31. The van der Waals surface area contributed by atoms with Gasteiger partial charge in [0.1, 0.15) is 6.33 Å². The van der Waals surface area contributed by atoms with E-state index in [0.29, 0.717) is 12.0 Å². The second-order valence-electron chi connectivity index (χ2n) is 4.70. The quantitative estimate of drug-likeness (QED) is 0.827. The van der Waals surface area contributed by atoms with E-state index in [1.807, 2.05) is 6.07 Å². The fourth-order valence-corrected chi connectivity index (χ4v) is 2.30. The number of nitrogens with two attached hydrogens (primary N) is 1. The lowest BCUT2D eigenvalue weighted by atomic mass is 9.92. The van der Waals surface area contributed by atoms with E-state index < -0.39 is 0 Å². The maximum absolute atomic E-state index is 5.97. The van der Waals surface area contributed by atoms with Crippen molar-refractivity contribution in [3.8, 4) is 0 Å². The van der Waals surface area contributed by atoms with Crippen molar-refractivity contribution in [3.63, 3.8) is 0 Å². The smallest absolute Gasteiger partial charge is 0.115 e. The molecule has 2 rings (SSSR count). The minimum atomic E-state index is 0.299. The average Bonchev–Trinajstić information content (AvgIpc) is 2.30. The summed E-state index contributed by atoms with van der Waals surface area (Å²) in [4.78, 5) is 10.6. The maximum atomic E-state index is 5.97. The maximum Gasteiger partial charge on any atom is 0.115 e. The molecular weight excluding hydrogens is 200 g/mol. The zero-order valence-electron chi connectivity index (χ0n) is 9.84.